The van der Waals surface area contributed by atoms with Crippen molar-refractivity contribution < 1.29 is 19.0 Å². The highest BCUT2D eigenvalue weighted by molar-refractivity contribution is 6.73. The molecule has 4 nitrogen and oxygen atoms in total. The molecule has 1 aliphatic carbocycles. The average molecular weight is 365 g/mol. The molecule has 2 rings (SSSR count). The second kappa shape index (κ2) is 9.64. The molecule has 0 saturated carbocycles. The average Bonchev–Trinajstić information content (AvgIpc) is 2.67. The minimum Gasteiger partial charge on any atom is -0.408 e. The third-order valence-electron chi connectivity index (χ3n) is 5.36. The van der Waals surface area contributed by atoms with E-state index in [9.17, 15) is 5.11 Å². The van der Waals surface area contributed by atoms with E-state index in [1.54, 1.807) is 13.2 Å². The lowest BCUT2D eigenvalue weighted by Gasteiger charge is -2.41. The van der Waals surface area contributed by atoms with E-state index in [0.29, 0.717) is 6.61 Å². The molecule has 4 atom stereocenters. The minimum atomic E-state index is -1.77. The fourth-order valence-electron chi connectivity index (χ4n) is 3.45. The summed E-state index contributed by atoms with van der Waals surface area (Å²) in [7, 11) is -0.104. The minimum absolute atomic E-state index is 0.166. The van der Waals surface area contributed by atoms with Crippen molar-refractivity contribution in [3.63, 3.8) is 0 Å². The van der Waals surface area contributed by atoms with E-state index >= 15 is 0 Å². The highest BCUT2D eigenvalue weighted by atomic mass is 28.4. The second-order valence-electron chi connectivity index (χ2n) is 6.66. The van der Waals surface area contributed by atoms with Gasteiger partial charge in [-0.15, -0.1) is 0 Å². The zero-order valence-corrected chi connectivity index (χ0v) is 16.9. The SMILES string of the molecule is CC[Si](CC)(CC)O[C@@H]1C=CC(O)[C@@H](OCc2ccccc2)[C@@H]1OC. The maximum absolute atomic E-state index is 10.4. The Morgan fingerprint density at radius 2 is 1.60 bits per heavy atom. The molecule has 140 valence electrons. The van der Waals surface area contributed by atoms with Crippen LogP contribution in [-0.2, 0) is 20.5 Å². The van der Waals surface area contributed by atoms with Crippen LogP contribution in [0.5, 0.6) is 0 Å². The Morgan fingerprint density at radius 1 is 0.960 bits per heavy atom. The van der Waals surface area contributed by atoms with Gasteiger partial charge in [0.1, 0.15) is 18.3 Å². The molecule has 25 heavy (non-hydrogen) atoms. The van der Waals surface area contributed by atoms with E-state index in [2.05, 4.69) is 20.8 Å². The largest absolute Gasteiger partial charge is 0.408 e. The van der Waals surface area contributed by atoms with E-state index in [0.717, 1.165) is 23.7 Å². The normalized spacial score (nSPS) is 26.8. The fraction of sp³-hybridized carbons (Fsp3) is 0.600. The first-order valence-corrected chi connectivity index (χ1v) is 11.8. The molecule has 0 fully saturated rings. The summed E-state index contributed by atoms with van der Waals surface area (Å²) in [6.45, 7) is 7.09. The van der Waals surface area contributed by atoms with E-state index in [-0.39, 0.29) is 12.2 Å². The fourth-order valence-corrected chi connectivity index (χ4v) is 6.24. The Morgan fingerprint density at radius 3 is 2.16 bits per heavy atom. The standard InChI is InChI=1S/C20H32O4Si/c1-5-25(6-2,7-3)24-18-14-13-17(21)19(20(18)22-4)23-15-16-11-9-8-10-12-16/h8-14,17-21H,5-7,15H2,1-4H3/t17?,18-,19-,20-/m1/s1. The Kier molecular flexibility index (Phi) is 7.84. The molecule has 0 bridgehead atoms. The number of rotatable bonds is 9. The molecule has 1 aromatic carbocycles. The van der Waals surface area contributed by atoms with E-state index in [1.807, 2.05) is 36.4 Å². The van der Waals surface area contributed by atoms with Crippen molar-refractivity contribution >= 4 is 8.32 Å². The molecule has 1 unspecified atom stereocenters. The molecule has 1 N–H and O–H groups in total. The molecule has 5 heteroatoms. The third-order valence-corrected chi connectivity index (χ3v) is 10.00. The van der Waals surface area contributed by atoms with Gasteiger partial charge >= 0.3 is 0 Å². The van der Waals surface area contributed by atoms with Crippen molar-refractivity contribution in [3.05, 3.63) is 48.0 Å². The molecule has 0 spiro atoms. The number of hydrogen-bond acceptors (Lipinski definition) is 4. The molecule has 0 aliphatic heterocycles. The van der Waals surface area contributed by atoms with Crippen LogP contribution in [0.15, 0.2) is 42.5 Å². The Balaban J connectivity index is 2.11. The number of benzene rings is 1. The second-order valence-corrected chi connectivity index (χ2v) is 11.4. The van der Waals surface area contributed by atoms with Crippen LogP contribution < -0.4 is 0 Å². The summed E-state index contributed by atoms with van der Waals surface area (Å²) in [5.74, 6) is 0. The van der Waals surface area contributed by atoms with Gasteiger partial charge in [-0.1, -0.05) is 63.3 Å². The van der Waals surface area contributed by atoms with E-state index in [1.165, 1.54) is 0 Å². The molecular weight excluding hydrogens is 332 g/mol. The van der Waals surface area contributed by atoms with Gasteiger partial charge in [-0.2, -0.15) is 0 Å². The van der Waals surface area contributed by atoms with Crippen LogP contribution in [0.1, 0.15) is 26.3 Å². The van der Waals surface area contributed by atoms with Gasteiger partial charge in [0.15, 0.2) is 8.32 Å². The van der Waals surface area contributed by atoms with Crippen molar-refractivity contribution in [2.24, 2.45) is 0 Å². The Hall–Kier alpha value is -0.983. The zero-order chi connectivity index (χ0) is 18.3. The summed E-state index contributed by atoms with van der Waals surface area (Å²) >= 11 is 0. The molecule has 0 amide bonds. The van der Waals surface area contributed by atoms with E-state index in [4.69, 9.17) is 13.9 Å². The molecule has 0 aromatic heterocycles. The van der Waals surface area contributed by atoms with Crippen LogP contribution in [0.4, 0.5) is 0 Å². The van der Waals surface area contributed by atoms with Crippen LogP contribution >= 0.6 is 0 Å². The van der Waals surface area contributed by atoms with Gasteiger partial charge in [-0.25, -0.2) is 0 Å². The molecule has 0 heterocycles. The molecule has 1 aliphatic rings. The first-order valence-electron chi connectivity index (χ1n) is 9.31. The lowest BCUT2D eigenvalue weighted by atomic mass is 9.96. The highest BCUT2D eigenvalue weighted by Gasteiger charge is 2.41. The first kappa shape index (κ1) is 20.3. The van der Waals surface area contributed by atoms with Gasteiger partial charge in [0, 0.05) is 7.11 Å². The van der Waals surface area contributed by atoms with Gasteiger partial charge in [-0.05, 0) is 23.7 Å². The predicted octanol–water partition coefficient (Wildman–Crippen LogP) is 3.91. The number of hydrogen-bond donors (Lipinski definition) is 1. The number of aliphatic hydroxyl groups excluding tert-OH is 1. The van der Waals surface area contributed by atoms with Gasteiger partial charge in [0.25, 0.3) is 0 Å². The maximum Gasteiger partial charge on any atom is 0.193 e. The van der Waals surface area contributed by atoms with Crippen LogP contribution in [0, 0.1) is 0 Å². The van der Waals surface area contributed by atoms with E-state index < -0.39 is 20.5 Å². The van der Waals surface area contributed by atoms with Crippen LogP contribution in [0.25, 0.3) is 0 Å². The molecule has 0 saturated heterocycles. The number of methoxy groups -OCH3 is 1. The Bertz CT molecular complexity index is 521. The Labute approximate surface area is 152 Å². The van der Waals surface area contributed by atoms with Crippen molar-refractivity contribution in [3.8, 4) is 0 Å². The number of aliphatic hydroxyl groups is 1. The summed E-state index contributed by atoms with van der Waals surface area (Å²) in [5, 5.41) is 10.4. The zero-order valence-electron chi connectivity index (χ0n) is 15.9. The predicted molar refractivity (Wildman–Crippen MR) is 103 cm³/mol. The van der Waals surface area contributed by atoms with Crippen molar-refractivity contribution in [2.45, 2.75) is 69.9 Å². The summed E-state index contributed by atoms with van der Waals surface area (Å²) in [6.07, 6.45) is 2.15. The monoisotopic (exact) mass is 364 g/mol. The maximum atomic E-state index is 10.4. The van der Waals surface area contributed by atoms with Crippen molar-refractivity contribution in [1.29, 1.82) is 0 Å². The van der Waals surface area contributed by atoms with Gasteiger partial charge < -0.3 is 19.0 Å². The lowest BCUT2D eigenvalue weighted by molar-refractivity contribution is -0.136. The molecule has 0 radical (unpaired) electrons. The number of ether oxygens (including phenoxy) is 2. The van der Waals surface area contributed by atoms with Crippen LogP contribution in [-0.4, -0.2) is 44.9 Å². The summed E-state index contributed by atoms with van der Waals surface area (Å²) in [4.78, 5) is 0. The molecule has 1 aromatic rings. The van der Waals surface area contributed by atoms with Gasteiger partial charge in [-0.3, -0.25) is 0 Å². The smallest absolute Gasteiger partial charge is 0.193 e. The summed E-state index contributed by atoms with van der Waals surface area (Å²) in [5.41, 5.74) is 1.08. The van der Waals surface area contributed by atoms with Crippen molar-refractivity contribution in [1.82, 2.24) is 0 Å². The third kappa shape index (κ3) is 5.02. The van der Waals surface area contributed by atoms with Gasteiger partial charge in [0.05, 0.1) is 12.7 Å². The molecular formula is C20H32O4Si. The quantitative estimate of drug-likeness (QED) is 0.533. The summed E-state index contributed by atoms with van der Waals surface area (Å²) < 4.78 is 18.4. The lowest BCUT2D eigenvalue weighted by Crippen LogP contribution is -2.53. The van der Waals surface area contributed by atoms with Gasteiger partial charge in [0.2, 0.25) is 0 Å². The first-order chi connectivity index (χ1) is 12.1. The van der Waals surface area contributed by atoms with Crippen LogP contribution in [0.2, 0.25) is 18.1 Å². The summed E-state index contributed by atoms with van der Waals surface area (Å²) in [6, 6.07) is 13.2. The van der Waals surface area contributed by atoms with Crippen LogP contribution in [0.3, 0.4) is 0 Å². The topological polar surface area (TPSA) is 47.9 Å². The van der Waals surface area contributed by atoms with Crippen molar-refractivity contribution in [2.75, 3.05) is 7.11 Å². The highest BCUT2D eigenvalue weighted by Crippen LogP contribution is 2.30.